The maximum atomic E-state index is 10.6. The Morgan fingerprint density at radius 3 is 1.50 bits per heavy atom. The molecule has 0 aromatic heterocycles. The molecule has 2 aromatic rings. The first kappa shape index (κ1) is 8.46. The van der Waals surface area contributed by atoms with Gasteiger partial charge in [-0.2, -0.15) is 0 Å². The average Bonchev–Trinajstić information content (AvgIpc) is 2.27. The predicted octanol–water partition coefficient (Wildman–Crippen LogP) is -0.154. The molecule has 2 rings (SSSR count). The maximum absolute atomic E-state index is 10.6. The Hall–Kier alpha value is -2.14. The van der Waals surface area contributed by atoms with Crippen molar-refractivity contribution < 1.29 is 9.59 Å². The number of hydrogen-bond acceptors (Lipinski definition) is 2. The van der Waals surface area contributed by atoms with Crippen molar-refractivity contribution in [2.75, 3.05) is 0 Å². The molecule has 0 spiro atoms. The summed E-state index contributed by atoms with van der Waals surface area (Å²) in [5.74, 6) is 3.68. The SMILES string of the molecule is O=C=c1ccc(=C=O)c2ccccc12. The Labute approximate surface area is 79.8 Å². The second kappa shape index (κ2) is 3.31. The molecule has 2 heteroatoms. The monoisotopic (exact) mass is 182 g/mol. The van der Waals surface area contributed by atoms with Crippen LogP contribution in [0.3, 0.4) is 0 Å². The Bertz CT molecular complexity index is 587. The van der Waals surface area contributed by atoms with Crippen LogP contribution in [0.2, 0.25) is 0 Å². The lowest BCUT2D eigenvalue weighted by atomic mass is 10.1. The fraction of sp³-hybridized carbons (Fsp3) is 0. The number of carbonyl (C=O) groups excluding carboxylic acids is 2. The molecule has 14 heavy (non-hydrogen) atoms. The van der Waals surface area contributed by atoms with E-state index in [2.05, 4.69) is 0 Å². The van der Waals surface area contributed by atoms with Gasteiger partial charge in [0.15, 0.2) is 0 Å². The van der Waals surface area contributed by atoms with Crippen LogP contribution in [-0.4, -0.2) is 11.9 Å². The van der Waals surface area contributed by atoms with Crippen LogP contribution in [0.4, 0.5) is 0 Å². The van der Waals surface area contributed by atoms with Crippen LogP contribution >= 0.6 is 0 Å². The van der Waals surface area contributed by atoms with Gasteiger partial charge in [0.25, 0.3) is 0 Å². The highest BCUT2D eigenvalue weighted by molar-refractivity contribution is 5.88. The van der Waals surface area contributed by atoms with Gasteiger partial charge in [0, 0.05) is 10.8 Å². The summed E-state index contributed by atoms with van der Waals surface area (Å²) in [6, 6.07) is 10.4. The molecule has 0 N–H and O–H groups in total. The fourth-order valence-corrected chi connectivity index (χ4v) is 1.48. The van der Waals surface area contributed by atoms with Crippen molar-refractivity contribution in [2.45, 2.75) is 0 Å². The second-order valence-corrected chi connectivity index (χ2v) is 2.91. The summed E-state index contributed by atoms with van der Waals surface area (Å²) in [4.78, 5) is 21.2. The van der Waals surface area contributed by atoms with E-state index in [1.54, 1.807) is 24.3 Å². The number of rotatable bonds is 0. The summed E-state index contributed by atoms with van der Waals surface area (Å²) in [5.41, 5.74) is 0. The fourth-order valence-electron chi connectivity index (χ4n) is 1.48. The van der Waals surface area contributed by atoms with Crippen molar-refractivity contribution in [1.82, 2.24) is 0 Å². The largest absolute Gasteiger partial charge is 0.233 e. The van der Waals surface area contributed by atoms with E-state index in [-0.39, 0.29) is 0 Å². The summed E-state index contributed by atoms with van der Waals surface area (Å²) in [5, 5.41) is 2.42. The molecule has 0 fully saturated rings. The van der Waals surface area contributed by atoms with Gasteiger partial charge in [-0.05, 0) is 12.1 Å². The van der Waals surface area contributed by atoms with Gasteiger partial charge in [-0.25, -0.2) is 9.59 Å². The summed E-state index contributed by atoms with van der Waals surface area (Å²) >= 11 is 0. The molecule has 0 amide bonds. The van der Waals surface area contributed by atoms with E-state index in [1.165, 1.54) is 0 Å². The summed E-state index contributed by atoms with van der Waals surface area (Å²) in [6.07, 6.45) is 0. The van der Waals surface area contributed by atoms with Crippen LogP contribution in [0.15, 0.2) is 36.4 Å². The predicted molar refractivity (Wildman–Crippen MR) is 52.8 cm³/mol. The first-order valence-corrected chi connectivity index (χ1v) is 4.15. The van der Waals surface area contributed by atoms with Crippen molar-refractivity contribution in [1.29, 1.82) is 0 Å². The van der Waals surface area contributed by atoms with E-state index in [1.807, 2.05) is 24.0 Å². The van der Waals surface area contributed by atoms with E-state index in [9.17, 15) is 9.59 Å². The lowest BCUT2D eigenvalue weighted by Gasteiger charge is -1.94. The topological polar surface area (TPSA) is 34.1 Å². The van der Waals surface area contributed by atoms with Crippen LogP contribution in [0.1, 0.15) is 0 Å². The second-order valence-electron chi connectivity index (χ2n) is 2.91. The standard InChI is InChI=1S/C12H6O2/c13-7-9-5-6-10(8-14)12-4-2-1-3-11(9)12/h1-6H. The molecule has 0 heterocycles. The van der Waals surface area contributed by atoms with Gasteiger partial charge in [0.05, 0.1) is 10.4 Å². The van der Waals surface area contributed by atoms with Crippen molar-refractivity contribution in [3.63, 3.8) is 0 Å². The van der Waals surface area contributed by atoms with Gasteiger partial charge in [-0.3, -0.25) is 0 Å². The molecule has 0 saturated heterocycles. The number of fused-ring (bicyclic) bond motifs is 1. The smallest absolute Gasteiger partial charge is 0.133 e. The van der Waals surface area contributed by atoms with Crippen LogP contribution in [0.25, 0.3) is 10.8 Å². The zero-order chi connectivity index (χ0) is 9.97. The molecule has 0 bridgehead atoms. The molecule has 0 atom stereocenters. The summed E-state index contributed by atoms with van der Waals surface area (Å²) < 4.78 is 0. The quantitative estimate of drug-likeness (QED) is 0.567. The van der Waals surface area contributed by atoms with E-state index < -0.39 is 0 Å². The van der Waals surface area contributed by atoms with E-state index in [0.29, 0.717) is 10.4 Å². The highest BCUT2D eigenvalue weighted by atomic mass is 16.1. The Morgan fingerprint density at radius 1 is 0.714 bits per heavy atom. The molecule has 66 valence electrons. The molecule has 0 saturated carbocycles. The highest BCUT2D eigenvalue weighted by Crippen LogP contribution is 2.02. The van der Waals surface area contributed by atoms with Crippen molar-refractivity contribution in [3.05, 3.63) is 46.8 Å². The molecule has 0 aliphatic rings. The minimum atomic E-state index is 0.472. The Kier molecular flexibility index (Phi) is 2.00. The van der Waals surface area contributed by atoms with Crippen LogP contribution in [-0.2, 0) is 9.59 Å². The molecule has 0 aliphatic carbocycles. The normalized spacial score (nSPS) is 9.43. The Balaban J connectivity index is 3.25. The van der Waals surface area contributed by atoms with Crippen molar-refractivity contribution >= 4 is 22.7 Å². The molecular formula is C12H6O2. The summed E-state index contributed by atoms with van der Waals surface area (Å²) in [6.45, 7) is 0. The van der Waals surface area contributed by atoms with Crippen molar-refractivity contribution in [2.24, 2.45) is 0 Å². The lowest BCUT2D eigenvalue weighted by Crippen LogP contribution is -2.12. The number of benzene rings is 2. The lowest BCUT2D eigenvalue weighted by molar-refractivity contribution is 0.566. The first-order valence-electron chi connectivity index (χ1n) is 4.15. The van der Waals surface area contributed by atoms with E-state index in [0.717, 1.165) is 10.8 Å². The van der Waals surface area contributed by atoms with Crippen molar-refractivity contribution in [3.8, 4) is 0 Å². The zero-order valence-electron chi connectivity index (χ0n) is 7.28. The molecule has 0 unspecified atom stereocenters. The minimum Gasteiger partial charge on any atom is -0.233 e. The van der Waals surface area contributed by atoms with Gasteiger partial charge in [0.2, 0.25) is 0 Å². The van der Waals surface area contributed by atoms with Gasteiger partial charge >= 0.3 is 0 Å². The molecular weight excluding hydrogens is 176 g/mol. The first-order chi connectivity index (χ1) is 6.86. The maximum Gasteiger partial charge on any atom is 0.133 e. The van der Waals surface area contributed by atoms with Crippen LogP contribution in [0.5, 0.6) is 0 Å². The van der Waals surface area contributed by atoms with Gasteiger partial charge in [-0.1, -0.05) is 24.3 Å². The Morgan fingerprint density at radius 2 is 1.14 bits per heavy atom. The summed E-state index contributed by atoms with van der Waals surface area (Å²) in [7, 11) is 0. The molecule has 0 radical (unpaired) electrons. The third-order valence-corrected chi connectivity index (χ3v) is 2.14. The van der Waals surface area contributed by atoms with Gasteiger partial charge < -0.3 is 0 Å². The van der Waals surface area contributed by atoms with Crippen LogP contribution < -0.4 is 10.4 Å². The molecule has 2 aromatic carbocycles. The van der Waals surface area contributed by atoms with E-state index in [4.69, 9.17) is 0 Å². The van der Waals surface area contributed by atoms with Crippen LogP contribution in [0, 0.1) is 0 Å². The van der Waals surface area contributed by atoms with Gasteiger partial charge in [0.1, 0.15) is 11.9 Å². The molecule has 2 nitrogen and oxygen atoms in total. The third kappa shape index (κ3) is 1.16. The van der Waals surface area contributed by atoms with Gasteiger partial charge in [-0.15, -0.1) is 0 Å². The third-order valence-electron chi connectivity index (χ3n) is 2.14. The highest BCUT2D eigenvalue weighted by Gasteiger charge is 1.96. The molecule has 0 aliphatic heterocycles. The van der Waals surface area contributed by atoms with E-state index >= 15 is 0 Å². The average molecular weight is 182 g/mol. The zero-order valence-corrected chi connectivity index (χ0v) is 7.28. The minimum absolute atomic E-state index is 0.472. The number of hydrogen-bond donors (Lipinski definition) is 0.